The third-order valence-corrected chi connectivity index (χ3v) is 3.21. The molecule has 1 unspecified atom stereocenters. The van der Waals surface area contributed by atoms with Crippen LogP contribution in [0, 0.1) is 0 Å². The summed E-state index contributed by atoms with van der Waals surface area (Å²) in [6, 6.07) is 5.78. The van der Waals surface area contributed by atoms with Crippen molar-refractivity contribution < 1.29 is 19.5 Å². The zero-order chi connectivity index (χ0) is 14.0. The Labute approximate surface area is 113 Å². The van der Waals surface area contributed by atoms with Gasteiger partial charge in [-0.25, -0.2) is 4.79 Å². The van der Waals surface area contributed by atoms with Crippen LogP contribution in [0.4, 0.5) is 4.79 Å². The number of aliphatic carboxylic acids is 1. The average molecular weight is 283 g/mol. The molecule has 0 aromatic heterocycles. The fourth-order valence-corrected chi connectivity index (χ4v) is 2.25. The predicted molar refractivity (Wildman–Crippen MR) is 66.7 cm³/mol. The Morgan fingerprint density at radius 2 is 2.11 bits per heavy atom. The summed E-state index contributed by atoms with van der Waals surface area (Å²) in [6.07, 6.45) is -0.291. The van der Waals surface area contributed by atoms with Crippen molar-refractivity contribution in [3.63, 3.8) is 0 Å². The summed E-state index contributed by atoms with van der Waals surface area (Å²) >= 11 is 5.87. The van der Waals surface area contributed by atoms with Crippen molar-refractivity contribution in [2.75, 3.05) is 0 Å². The summed E-state index contributed by atoms with van der Waals surface area (Å²) in [6.45, 7) is 0. The second-order valence-corrected chi connectivity index (χ2v) is 4.65. The lowest BCUT2D eigenvalue weighted by atomic mass is 9.85. The molecule has 1 heterocycles. The summed E-state index contributed by atoms with van der Waals surface area (Å²) in [5.74, 6) is -1.61. The number of amides is 3. The molecule has 1 atom stereocenters. The molecule has 0 aliphatic carbocycles. The van der Waals surface area contributed by atoms with Crippen LogP contribution in [0.3, 0.4) is 0 Å². The minimum Gasteiger partial charge on any atom is -0.481 e. The summed E-state index contributed by atoms with van der Waals surface area (Å²) < 4.78 is 0. The molecule has 19 heavy (non-hydrogen) atoms. The Kier molecular flexibility index (Phi) is 3.44. The molecule has 100 valence electrons. The smallest absolute Gasteiger partial charge is 0.322 e. The number of halogens is 1. The van der Waals surface area contributed by atoms with Crippen molar-refractivity contribution in [3.05, 3.63) is 34.9 Å². The second-order valence-electron chi connectivity index (χ2n) is 4.22. The molecule has 0 bridgehead atoms. The molecule has 1 aliphatic rings. The molecule has 6 nitrogen and oxygen atoms in total. The van der Waals surface area contributed by atoms with Crippen LogP contribution in [-0.2, 0) is 15.1 Å². The molecule has 7 heteroatoms. The number of nitrogens with one attached hydrogen (secondary N) is 2. The molecule has 0 saturated carbocycles. The monoisotopic (exact) mass is 282 g/mol. The minimum absolute atomic E-state index is 0.0414. The van der Waals surface area contributed by atoms with Gasteiger partial charge >= 0.3 is 12.0 Å². The first kappa shape index (κ1) is 13.4. The first-order chi connectivity index (χ1) is 8.94. The Balaban J connectivity index is 2.42. The highest BCUT2D eigenvalue weighted by molar-refractivity contribution is 6.30. The van der Waals surface area contributed by atoms with Gasteiger partial charge in [-0.3, -0.25) is 14.9 Å². The van der Waals surface area contributed by atoms with Gasteiger partial charge in [0.15, 0.2) is 0 Å². The van der Waals surface area contributed by atoms with Crippen LogP contribution in [0.5, 0.6) is 0 Å². The third kappa shape index (κ3) is 2.53. The van der Waals surface area contributed by atoms with Crippen molar-refractivity contribution in [2.45, 2.75) is 18.4 Å². The Morgan fingerprint density at radius 3 is 2.63 bits per heavy atom. The van der Waals surface area contributed by atoms with E-state index in [4.69, 9.17) is 16.7 Å². The predicted octanol–water partition coefficient (Wildman–Crippen LogP) is 1.24. The van der Waals surface area contributed by atoms with E-state index in [2.05, 4.69) is 10.6 Å². The topological polar surface area (TPSA) is 95.5 Å². The molecule has 1 aliphatic heterocycles. The van der Waals surface area contributed by atoms with Crippen molar-refractivity contribution >= 4 is 29.5 Å². The molecule has 2 rings (SSSR count). The summed E-state index contributed by atoms with van der Waals surface area (Å²) in [5, 5.41) is 13.8. The lowest BCUT2D eigenvalue weighted by Crippen LogP contribution is -2.44. The fraction of sp³-hybridized carbons (Fsp3) is 0.250. The normalized spacial score (nSPS) is 21.9. The van der Waals surface area contributed by atoms with E-state index >= 15 is 0 Å². The fourth-order valence-electron chi connectivity index (χ4n) is 2.06. The number of benzene rings is 1. The van der Waals surface area contributed by atoms with Crippen LogP contribution in [0.15, 0.2) is 24.3 Å². The van der Waals surface area contributed by atoms with Gasteiger partial charge in [-0.2, -0.15) is 0 Å². The van der Waals surface area contributed by atoms with E-state index in [1.165, 1.54) is 6.07 Å². The van der Waals surface area contributed by atoms with Crippen molar-refractivity contribution in [2.24, 2.45) is 0 Å². The first-order valence-corrected chi connectivity index (χ1v) is 5.93. The summed E-state index contributed by atoms with van der Waals surface area (Å²) in [4.78, 5) is 34.1. The number of carboxylic acids is 1. The van der Waals surface area contributed by atoms with E-state index in [0.717, 1.165) is 0 Å². The van der Waals surface area contributed by atoms with Crippen molar-refractivity contribution in [1.82, 2.24) is 10.6 Å². The Morgan fingerprint density at radius 1 is 1.37 bits per heavy atom. The van der Waals surface area contributed by atoms with Crippen molar-refractivity contribution in [1.29, 1.82) is 0 Å². The maximum atomic E-state index is 12.0. The molecule has 1 fully saturated rings. The number of urea groups is 1. The maximum Gasteiger partial charge on any atom is 0.322 e. The number of hydrogen-bond acceptors (Lipinski definition) is 3. The Hall–Kier alpha value is -2.08. The van der Waals surface area contributed by atoms with Gasteiger partial charge in [-0.15, -0.1) is 0 Å². The SMILES string of the molecule is O=C(O)CCC1(c2cccc(Cl)c2)NC(=O)NC1=O. The quantitative estimate of drug-likeness (QED) is 0.724. The Bertz CT molecular complexity index is 560. The molecule has 3 amide bonds. The number of imide groups is 1. The molecule has 3 N–H and O–H groups in total. The lowest BCUT2D eigenvalue weighted by Gasteiger charge is -2.26. The van der Waals surface area contributed by atoms with Crippen molar-refractivity contribution in [3.8, 4) is 0 Å². The number of carbonyl (C=O) groups excluding carboxylic acids is 2. The van der Waals surface area contributed by atoms with Gasteiger partial charge in [-0.1, -0.05) is 23.7 Å². The van der Waals surface area contributed by atoms with E-state index in [9.17, 15) is 14.4 Å². The maximum absolute atomic E-state index is 12.0. The van der Waals surface area contributed by atoms with Crippen LogP contribution in [0.1, 0.15) is 18.4 Å². The number of carbonyl (C=O) groups is 3. The average Bonchev–Trinajstić information content (AvgIpc) is 2.62. The molecule has 1 saturated heterocycles. The number of hydrogen-bond donors (Lipinski definition) is 3. The van der Waals surface area contributed by atoms with Gasteiger partial charge in [0.2, 0.25) is 0 Å². The van der Waals surface area contributed by atoms with Crippen LogP contribution in [-0.4, -0.2) is 23.0 Å². The zero-order valence-electron chi connectivity index (χ0n) is 9.77. The molecule has 1 aromatic rings. The number of carboxylic acid groups (broad SMARTS) is 1. The highest BCUT2D eigenvalue weighted by Crippen LogP contribution is 2.31. The van der Waals surface area contributed by atoms with E-state index < -0.39 is 23.4 Å². The van der Waals surface area contributed by atoms with Gasteiger partial charge in [0.05, 0.1) is 0 Å². The molecule has 0 spiro atoms. The van der Waals surface area contributed by atoms with Crippen LogP contribution >= 0.6 is 11.6 Å². The standard InChI is InChI=1S/C12H11ClN2O4/c13-8-3-1-2-7(6-8)12(5-4-9(16)17)10(18)14-11(19)15-12/h1-3,6H,4-5H2,(H,16,17)(H2,14,15,18,19). The van der Waals surface area contributed by atoms with Gasteiger partial charge in [-0.05, 0) is 24.1 Å². The zero-order valence-corrected chi connectivity index (χ0v) is 10.5. The third-order valence-electron chi connectivity index (χ3n) is 2.97. The highest BCUT2D eigenvalue weighted by atomic mass is 35.5. The van der Waals surface area contributed by atoms with E-state index in [1.54, 1.807) is 18.2 Å². The first-order valence-electron chi connectivity index (χ1n) is 5.55. The molecule has 1 aromatic carbocycles. The number of rotatable bonds is 4. The van der Waals surface area contributed by atoms with Crippen LogP contribution in [0.2, 0.25) is 5.02 Å². The van der Waals surface area contributed by atoms with Gasteiger partial charge in [0, 0.05) is 11.4 Å². The van der Waals surface area contributed by atoms with E-state index in [1.807, 2.05) is 0 Å². The van der Waals surface area contributed by atoms with Gasteiger partial charge < -0.3 is 10.4 Å². The highest BCUT2D eigenvalue weighted by Gasteiger charge is 2.47. The van der Waals surface area contributed by atoms with Crippen LogP contribution in [0.25, 0.3) is 0 Å². The van der Waals surface area contributed by atoms with E-state index in [0.29, 0.717) is 10.6 Å². The second kappa shape index (κ2) is 4.89. The molecule has 0 radical (unpaired) electrons. The van der Waals surface area contributed by atoms with Crippen LogP contribution < -0.4 is 10.6 Å². The van der Waals surface area contributed by atoms with E-state index in [-0.39, 0.29) is 12.8 Å². The molecular weight excluding hydrogens is 272 g/mol. The van der Waals surface area contributed by atoms with Gasteiger partial charge in [0.1, 0.15) is 5.54 Å². The summed E-state index contributed by atoms with van der Waals surface area (Å²) in [7, 11) is 0. The summed E-state index contributed by atoms with van der Waals surface area (Å²) in [5.41, 5.74) is -0.912. The molecular formula is C12H11ClN2O4. The lowest BCUT2D eigenvalue weighted by molar-refractivity contribution is -0.137. The largest absolute Gasteiger partial charge is 0.481 e. The minimum atomic E-state index is -1.37. The van der Waals surface area contributed by atoms with Gasteiger partial charge in [0.25, 0.3) is 5.91 Å².